The molecule has 14 nitrogen and oxygen atoms in total. The highest BCUT2D eigenvalue weighted by Crippen LogP contribution is 2.37. The molecule has 1 aromatic heterocycles. The van der Waals surface area contributed by atoms with Crippen LogP contribution in [0.2, 0.25) is 0 Å². The number of nitrogens with zero attached hydrogens (tertiary/aromatic N) is 7. The number of likely N-dealkylation sites (tertiary alicyclic amines) is 1. The van der Waals surface area contributed by atoms with Crippen molar-refractivity contribution in [3.05, 3.63) is 59.7 Å². The maximum absolute atomic E-state index is 13.3. The maximum atomic E-state index is 13.3. The molecule has 14 heteroatoms. The number of benzene rings is 2. The fourth-order valence-corrected chi connectivity index (χ4v) is 9.33. The smallest absolute Gasteiger partial charge is 0.262 e. The number of amides is 4. The Hall–Kier alpha value is -5.08. The van der Waals surface area contributed by atoms with Gasteiger partial charge in [0.2, 0.25) is 11.8 Å². The number of imide groups is 2. The van der Waals surface area contributed by atoms with Gasteiger partial charge in [-0.25, -0.2) is 0 Å². The standard InChI is InChI=1S/C39H45N9O5/c49-34-4-2-1-3-29(34)31-18-33-36(43-42-31)40-19-27-23-45(15-16-47(27)33)22-25-9-12-44(21-25)20-24-10-13-46(14-11-24)26-5-6-28-30(17-26)39(53)48(38(28)52)32-7-8-35(50)41-37(32)51/h1-6,17-18,24-25,27,32,49H,7-16,19-23H2,(H,40,43)(H,41,50,51)/t25?,27-,32?/m0/s1. The molecule has 0 spiro atoms. The maximum Gasteiger partial charge on any atom is 0.262 e. The highest BCUT2D eigenvalue weighted by molar-refractivity contribution is 6.23. The summed E-state index contributed by atoms with van der Waals surface area (Å²) in [5.41, 5.74) is 4.01. The average Bonchev–Trinajstić information content (AvgIpc) is 3.71. The number of anilines is 3. The van der Waals surface area contributed by atoms with E-state index in [1.165, 1.54) is 6.42 Å². The lowest BCUT2D eigenvalue weighted by Gasteiger charge is -2.46. The molecule has 6 aliphatic heterocycles. The van der Waals surface area contributed by atoms with Gasteiger partial charge in [0, 0.05) is 76.6 Å². The predicted molar refractivity (Wildman–Crippen MR) is 198 cm³/mol. The third kappa shape index (κ3) is 6.37. The molecule has 0 saturated carbocycles. The Morgan fingerprint density at radius 3 is 2.36 bits per heavy atom. The third-order valence-corrected chi connectivity index (χ3v) is 12.1. The number of aromatic hydroxyl groups is 1. The number of fused-ring (bicyclic) bond motifs is 4. The van der Waals surface area contributed by atoms with Crippen molar-refractivity contribution < 1.29 is 24.3 Å². The van der Waals surface area contributed by atoms with Crippen LogP contribution in [0.1, 0.15) is 52.8 Å². The number of hydrogen-bond donors (Lipinski definition) is 3. The van der Waals surface area contributed by atoms with E-state index in [9.17, 15) is 24.3 Å². The van der Waals surface area contributed by atoms with E-state index in [1.807, 2.05) is 24.3 Å². The highest BCUT2D eigenvalue weighted by Gasteiger charge is 2.45. The van der Waals surface area contributed by atoms with Gasteiger partial charge in [0.25, 0.3) is 11.8 Å². The summed E-state index contributed by atoms with van der Waals surface area (Å²) in [5.74, 6) is 0.396. The summed E-state index contributed by atoms with van der Waals surface area (Å²) >= 11 is 0. The molecule has 4 saturated heterocycles. The number of nitrogens with one attached hydrogen (secondary N) is 2. The van der Waals surface area contributed by atoms with E-state index < -0.39 is 23.8 Å². The predicted octanol–water partition coefficient (Wildman–Crippen LogP) is 2.41. The van der Waals surface area contributed by atoms with Crippen LogP contribution in [0, 0.1) is 11.8 Å². The number of carbonyl (C=O) groups excluding carboxylic acids is 4. The fraction of sp³-hybridized carbons (Fsp3) is 0.487. The minimum atomic E-state index is -0.954. The van der Waals surface area contributed by atoms with Crippen LogP contribution in [0.3, 0.4) is 0 Å². The van der Waals surface area contributed by atoms with Gasteiger partial charge in [-0.05, 0) is 80.5 Å². The molecule has 2 unspecified atom stereocenters. The summed E-state index contributed by atoms with van der Waals surface area (Å²) in [6, 6.07) is 14.1. The molecule has 9 rings (SSSR count). The Balaban J connectivity index is 0.750. The average molecular weight is 720 g/mol. The van der Waals surface area contributed by atoms with Crippen LogP contribution >= 0.6 is 0 Å². The van der Waals surface area contributed by atoms with Gasteiger partial charge in [0.05, 0.1) is 28.6 Å². The number of para-hydroxylation sites is 1. The molecule has 276 valence electrons. The molecular weight excluding hydrogens is 674 g/mol. The lowest BCUT2D eigenvalue weighted by molar-refractivity contribution is -0.136. The Labute approximate surface area is 308 Å². The van der Waals surface area contributed by atoms with Crippen molar-refractivity contribution >= 4 is 40.8 Å². The van der Waals surface area contributed by atoms with Crippen LogP contribution in [-0.4, -0.2) is 131 Å². The Morgan fingerprint density at radius 1 is 0.755 bits per heavy atom. The molecule has 4 amide bonds. The zero-order valence-corrected chi connectivity index (χ0v) is 29.7. The second kappa shape index (κ2) is 13.7. The summed E-state index contributed by atoms with van der Waals surface area (Å²) < 4.78 is 0. The molecule has 7 heterocycles. The van der Waals surface area contributed by atoms with Gasteiger partial charge >= 0.3 is 0 Å². The van der Waals surface area contributed by atoms with Crippen molar-refractivity contribution in [1.82, 2.24) is 30.2 Å². The van der Waals surface area contributed by atoms with E-state index in [-0.39, 0.29) is 24.5 Å². The van der Waals surface area contributed by atoms with E-state index in [0.717, 1.165) is 100 Å². The quantitative estimate of drug-likeness (QED) is 0.308. The first-order chi connectivity index (χ1) is 25.8. The third-order valence-electron chi connectivity index (χ3n) is 12.1. The van der Waals surface area contributed by atoms with Gasteiger partial charge in [-0.3, -0.25) is 34.3 Å². The van der Waals surface area contributed by atoms with Crippen molar-refractivity contribution in [2.75, 3.05) is 80.6 Å². The number of phenols is 1. The topological polar surface area (TPSA) is 155 Å². The Bertz CT molecular complexity index is 1960. The lowest BCUT2D eigenvalue weighted by atomic mass is 9.95. The largest absolute Gasteiger partial charge is 0.507 e. The summed E-state index contributed by atoms with van der Waals surface area (Å²) in [5, 5.41) is 25.0. The van der Waals surface area contributed by atoms with Crippen molar-refractivity contribution in [3.63, 3.8) is 0 Å². The molecule has 0 radical (unpaired) electrons. The van der Waals surface area contributed by atoms with Crippen molar-refractivity contribution in [1.29, 1.82) is 0 Å². The number of carbonyl (C=O) groups is 4. The van der Waals surface area contributed by atoms with Crippen molar-refractivity contribution in [2.24, 2.45) is 11.8 Å². The van der Waals surface area contributed by atoms with Crippen molar-refractivity contribution in [2.45, 2.75) is 44.2 Å². The first kappa shape index (κ1) is 33.7. The number of phenolic OH excluding ortho intramolecular Hbond substituents is 1. The van der Waals surface area contributed by atoms with Crippen LogP contribution in [-0.2, 0) is 9.59 Å². The van der Waals surface area contributed by atoms with Crippen LogP contribution in [0.15, 0.2) is 48.5 Å². The normalized spacial score (nSPS) is 25.3. The van der Waals surface area contributed by atoms with Gasteiger partial charge < -0.3 is 25.1 Å². The van der Waals surface area contributed by atoms with Crippen LogP contribution in [0.4, 0.5) is 17.2 Å². The molecular formula is C39H45N9O5. The van der Waals surface area contributed by atoms with E-state index in [2.05, 4.69) is 46.5 Å². The molecule has 0 aliphatic carbocycles. The molecule has 6 aliphatic rings. The van der Waals surface area contributed by atoms with Gasteiger partial charge in [0.15, 0.2) is 5.82 Å². The number of aromatic nitrogens is 2. The molecule has 2 aromatic carbocycles. The number of piperidine rings is 2. The summed E-state index contributed by atoms with van der Waals surface area (Å²) in [6.45, 7) is 10.1. The summed E-state index contributed by atoms with van der Waals surface area (Å²) in [7, 11) is 0. The van der Waals surface area contributed by atoms with Gasteiger partial charge in [-0.15, -0.1) is 10.2 Å². The van der Waals surface area contributed by atoms with E-state index in [4.69, 9.17) is 0 Å². The molecule has 53 heavy (non-hydrogen) atoms. The number of rotatable bonds is 7. The summed E-state index contributed by atoms with van der Waals surface area (Å²) in [4.78, 5) is 61.6. The fourth-order valence-electron chi connectivity index (χ4n) is 9.33. The molecule has 3 aromatic rings. The second-order valence-electron chi connectivity index (χ2n) is 15.5. The zero-order valence-electron chi connectivity index (χ0n) is 29.7. The first-order valence-corrected chi connectivity index (χ1v) is 19.0. The monoisotopic (exact) mass is 719 g/mol. The Morgan fingerprint density at radius 2 is 1.53 bits per heavy atom. The van der Waals surface area contributed by atoms with E-state index >= 15 is 0 Å². The van der Waals surface area contributed by atoms with Gasteiger partial charge in [-0.1, -0.05) is 12.1 Å². The number of piperazine rings is 1. The first-order valence-electron chi connectivity index (χ1n) is 19.0. The van der Waals surface area contributed by atoms with Crippen molar-refractivity contribution in [3.8, 4) is 17.0 Å². The minimum Gasteiger partial charge on any atom is -0.507 e. The molecule has 0 bridgehead atoms. The Kier molecular flexibility index (Phi) is 8.73. The molecule has 4 fully saturated rings. The molecule has 3 atom stereocenters. The van der Waals surface area contributed by atoms with E-state index in [1.54, 1.807) is 18.2 Å². The second-order valence-corrected chi connectivity index (χ2v) is 15.5. The SMILES string of the molecule is O=C1CCC(N2C(=O)c3ccc(N4CCC(CN5CCC(CN6CCN7c8cc(-c9ccccc9O)nnc8NC[C@H]7C6)C5)CC4)cc3C2=O)C(=O)N1. The summed E-state index contributed by atoms with van der Waals surface area (Å²) in [6.07, 6.45) is 3.63. The van der Waals surface area contributed by atoms with Crippen LogP contribution < -0.4 is 20.4 Å². The van der Waals surface area contributed by atoms with Crippen LogP contribution in [0.25, 0.3) is 11.3 Å². The van der Waals surface area contributed by atoms with Gasteiger partial charge in [0.1, 0.15) is 11.8 Å². The lowest BCUT2D eigenvalue weighted by Crippen LogP contribution is -2.58. The number of hydrogen-bond acceptors (Lipinski definition) is 12. The van der Waals surface area contributed by atoms with Gasteiger partial charge in [-0.2, -0.15) is 0 Å². The minimum absolute atomic E-state index is 0.106. The highest BCUT2D eigenvalue weighted by atomic mass is 16.3. The van der Waals surface area contributed by atoms with E-state index in [0.29, 0.717) is 40.3 Å². The molecule has 3 N–H and O–H groups in total. The zero-order chi connectivity index (χ0) is 36.2. The van der Waals surface area contributed by atoms with Crippen LogP contribution in [0.5, 0.6) is 5.75 Å².